The third kappa shape index (κ3) is 5.60. The van der Waals surface area contributed by atoms with Gasteiger partial charge in [-0.05, 0) is 54.3 Å². The number of ether oxygens (including phenoxy) is 2. The molecule has 1 heterocycles. The number of carbonyl (C=O) groups is 1. The van der Waals surface area contributed by atoms with Crippen LogP contribution in [0.15, 0.2) is 42.5 Å². The average molecular weight is 392 g/mol. The van der Waals surface area contributed by atoms with Crippen LogP contribution in [0, 0.1) is 0 Å². The van der Waals surface area contributed by atoms with Gasteiger partial charge in [-0.1, -0.05) is 23.7 Å². The summed E-state index contributed by atoms with van der Waals surface area (Å²) >= 11 is 5.98. The van der Waals surface area contributed by atoms with Gasteiger partial charge in [0, 0.05) is 17.6 Å². The highest BCUT2D eigenvalue weighted by Crippen LogP contribution is 2.28. The maximum absolute atomic E-state index is 10.7. The van der Waals surface area contributed by atoms with Crippen molar-refractivity contribution in [3.05, 3.63) is 58.6 Å². The second kappa shape index (κ2) is 9.08. The van der Waals surface area contributed by atoms with Gasteiger partial charge < -0.3 is 25.0 Å². The van der Waals surface area contributed by atoms with E-state index in [9.17, 15) is 9.90 Å². The highest BCUT2D eigenvalue weighted by atomic mass is 35.5. The van der Waals surface area contributed by atoms with Crippen molar-refractivity contribution in [3.8, 4) is 11.5 Å². The molecule has 0 bridgehead atoms. The van der Waals surface area contributed by atoms with E-state index in [1.807, 2.05) is 18.2 Å². The van der Waals surface area contributed by atoms with Crippen molar-refractivity contribution < 1.29 is 24.5 Å². The van der Waals surface area contributed by atoms with Gasteiger partial charge in [-0.2, -0.15) is 0 Å². The maximum atomic E-state index is 10.7. The zero-order chi connectivity index (χ0) is 19.2. The normalized spacial score (nSPS) is 17.3. The van der Waals surface area contributed by atoms with E-state index in [2.05, 4.69) is 5.32 Å². The Kier molecular flexibility index (Phi) is 6.55. The number of hydrogen-bond acceptors (Lipinski definition) is 5. The number of aliphatic carboxylic acids is 1. The summed E-state index contributed by atoms with van der Waals surface area (Å²) in [7, 11) is 0. The fourth-order valence-corrected chi connectivity index (χ4v) is 3.25. The van der Waals surface area contributed by atoms with E-state index in [0.717, 1.165) is 23.3 Å². The van der Waals surface area contributed by atoms with Gasteiger partial charge in [0.05, 0.1) is 12.7 Å². The molecule has 0 aliphatic carbocycles. The first-order valence-electron chi connectivity index (χ1n) is 8.78. The Balaban J connectivity index is 1.61. The van der Waals surface area contributed by atoms with Gasteiger partial charge in [-0.3, -0.25) is 0 Å². The SMILES string of the molecule is O=C(O)COc1ccc2c(c1)C[C@@H](NC[C@H](O)c1cccc(Cl)c1)CCO2. The predicted molar refractivity (Wildman–Crippen MR) is 102 cm³/mol. The molecule has 6 nitrogen and oxygen atoms in total. The van der Waals surface area contributed by atoms with Crippen LogP contribution >= 0.6 is 11.6 Å². The fraction of sp³-hybridized carbons (Fsp3) is 0.350. The largest absolute Gasteiger partial charge is 0.493 e. The molecule has 2 aromatic rings. The molecule has 3 N–H and O–H groups in total. The first-order valence-corrected chi connectivity index (χ1v) is 9.16. The van der Waals surface area contributed by atoms with Crippen molar-refractivity contribution in [2.45, 2.75) is 25.0 Å². The molecule has 0 unspecified atom stereocenters. The maximum Gasteiger partial charge on any atom is 0.341 e. The van der Waals surface area contributed by atoms with Crippen LogP contribution in [0.5, 0.6) is 11.5 Å². The standard InChI is InChI=1S/C20H22ClNO5/c21-15-3-1-2-13(8-15)18(23)11-22-16-6-7-26-19-5-4-17(10-14(19)9-16)27-12-20(24)25/h1-5,8,10,16,18,22-23H,6-7,9,11-12H2,(H,24,25)/t16-,18-/m0/s1. The van der Waals surface area contributed by atoms with E-state index in [1.165, 1.54) is 0 Å². The van der Waals surface area contributed by atoms with Crippen LogP contribution in [-0.4, -0.2) is 42.0 Å². The van der Waals surface area contributed by atoms with Gasteiger partial charge in [0.25, 0.3) is 0 Å². The van der Waals surface area contributed by atoms with Crippen LogP contribution < -0.4 is 14.8 Å². The Labute approximate surface area is 162 Å². The molecule has 0 fully saturated rings. The lowest BCUT2D eigenvalue weighted by Crippen LogP contribution is -2.34. The Bertz CT molecular complexity index is 798. The number of aliphatic hydroxyl groups excluding tert-OH is 1. The number of halogens is 1. The second-order valence-corrected chi connectivity index (χ2v) is 6.91. The zero-order valence-electron chi connectivity index (χ0n) is 14.7. The van der Waals surface area contributed by atoms with Crippen LogP contribution in [0.25, 0.3) is 0 Å². The molecule has 0 saturated carbocycles. The summed E-state index contributed by atoms with van der Waals surface area (Å²) < 4.78 is 11.0. The van der Waals surface area contributed by atoms with Crippen LogP contribution in [0.1, 0.15) is 23.7 Å². The van der Waals surface area contributed by atoms with Gasteiger partial charge in [0.1, 0.15) is 11.5 Å². The quantitative estimate of drug-likeness (QED) is 0.672. The molecule has 1 aliphatic heterocycles. The molecule has 7 heteroatoms. The van der Waals surface area contributed by atoms with E-state index < -0.39 is 12.1 Å². The molecule has 0 radical (unpaired) electrons. The van der Waals surface area contributed by atoms with E-state index >= 15 is 0 Å². The Morgan fingerprint density at radius 3 is 2.96 bits per heavy atom. The molecular weight excluding hydrogens is 370 g/mol. The minimum Gasteiger partial charge on any atom is -0.493 e. The summed E-state index contributed by atoms with van der Waals surface area (Å²) in [6.45, 7) is 0.579. The molecule has 1 aliphatic rings. The molecule has 0 aromatic heterocycles. The average Bonchev–Trinajstić information content (AvgIpc) is 2.85. The summed E-state index contributed by atoms with van der Waals surface area (Å²) in [4.78, 5) is 10.7. The number of aliphatic hydroxyl groups is 1. The molecule has 27 heavy (non-hydrogen) atoms. The molecule has 0 amide bonds. The van der Waals surface area contributed by atoms with Gasteiger partial charge in [-0.15, -0.1) is 0 Å². The Morgan fingerprint density at radius 1 is 1.33 bits per heavy atom. The molecule has 0 spiro atoms. The zero-order valence-corrected chi connectivity index (χ0v) is 15.5. The van der Waals surface area contributed by atoms with E-state index in [0.29, 0.717) is 30.3 Å². The minimum atomic E-state index is -1.02. The van der Waals surface area contributed by atoms with Crippen LogP contribution in [0.3, 0.4) is 0 Å². The Morgan fingerprint density at radius 2 is 2.19 bits per heavy atom. The fourth-order valence-electron chi connectivity index (χ4n) is 3.05. The van der Waals surface area contributed by atoms with Crippen molar-refractivity contribution in [1.82, 2.24) is 5.32 Å². The van der Waals surface area contributed by atoms with Gasteiger partial charge >= 0.3 is 5.97 Å². The minimum absolute atomic E-state index is 0.120. The van der Waals surface area contributed by atoms with Gasteiger partial charge in [0.2, 0.25) is 0 Å². The van der Waals surface area contributed by atoms with Crippen molar-refractivity contribution in [1.29, 1.82) is 0 Å². The summed E-state index contributed by atoms with van der Waals surface area (Å²) in [5, 5.41) is 23.1. The predicted octanol–water partition coefficient (Wildman–Crippen LogP) is 2.82. The monoisotopic (exact) mass is 391 g/mol. The summed E-state index contributed by atoms with van der Waals surface area (Å²) in [5.41, 5.74) is 1.72. The van der Waals surface area contributed by atoms with Gasteiger partial charge in [-0.25, -0.2) is 4.79 Å². The lowest BCUT2D eigenvalue weighted by Gasteiger charge is -2.19. The van der Waals surface area contributed by atoms with Crippen molar-refractivity contribution in [3.63, 3.8) is 0 Å². The topological polar surface area (TPSA) is 88.0 Å². The summed E-state index contributed by atoms with van der Waals surface area (Å²) in [6.07, 6.45) is 0.835. The number of hydrogen-bond donors (Lipinski definition) is 3. The number of fused-ring (bicyclic) bond motifs is 1. The Hall–Kier alpha value is -2.28. The molecule has 144 valence electrons. The van der Waals surface area contributed by atoms with Crippen LogP contribution in [-0.2, 0) is 11.2 Å². The molecule has 2 atom stereocenters. The number of carboxylic acids is 1. The number of nitrogens with one attached hydrogen (secondary N) is 1. The van der Waals surface area contributed by atoms with Crippen LogP contribution in [0.4, 0.5) is 0 Å². The summed E-state index contributed by atoms with van der Waals surface area (Å²) in [5.74, 6) is 0.257. The molecule has 3 rings (SSSR count). The summed E-state index contributed by atoms with van der Waals surface area (Å²) in [6, 6.07) is 12.6. The highest BCUT2D eigenvalue weighted by Gasteiger charge is 2.19. The first kappa shape index (κ1) is 19.5. The smallest absolute Gasteiger partial charge is 0.341 e. The number of rotatable bonds is 7. The lowest BCUT2D eigenvalue weighted by molar-refractivity contribution is -0.139. The van der Waals surface area contributed by atoms with Crippen molar-refractivity contribution in [2.75, 3.05) is 19.8 Å². The third-order valence-corrected chi connectivity index (χ3v) is 4.65. The lowest BCUT2D eigenvalue weighted by atomic mass is 10.0. The van der Waals surface area contributed by atoms with Crippen molar-refractivity contribution >= 4 is 17.6 Å². The van der Waals surface area contributed by atoms with Gasteiger partial charge in [0.15, 0.2) is 6.61 Å². The van der Waals surface area contributed by atoms with Crippen LogP contribution in [0.2, 0.25) is 5.02 Å². The first-order chi connectivity index (χ1) is 13.0. The number of carboxylic acid groups (broad SMARTS) is 1. The molecule has 2 aromatic carbocycles. The van der Waals surface area contributed by atoms with Crippen molar-refractivity contribution in [2.24, 2.45) is 0 Å². The van der Waals surface area contributed by atoms with E-state index in [-0.39, 0.29) is 12.6 Å². The highest BCUT2D eigenvalue weighted by molar-refractivity contribution is 6.30. The van der Waals surface area contributed by atoms with E-state index in [1.54, 1.807) is 24.3 Å². The molecular formula is C20H22ClNO5. The number of benzene rings is 2. The van der Waals surface area contributed by atoms with E-state index in [4.69, 9.17) is 26.2 Å². The molecule has 0 saturated heterocycles. The third-order valence-electron chi connectivity index (χ3n) is 4.42. The second-order valence-electron chi connectivity index (χ2n) is 6.47.